The molecule has 3 heteroatoms. The van der Waals surface area contributed by atoms with Crippen LogP contribution in [-0.2, 0) is 0 Å². The minimum atomic E-state index is -0.642. The zero-order valence-electron chi connectivity index (χ0n) is 11.6. The van der Waals surface area contributed by atoms with Crippen molar-refractivity contribution >= 4 is 0 Å². The van der Waals surface area contributed by atoms with Crippen LogP contribution in [0.4, 0.5) is 0 Å². The van der Waals surface area contributed by atoms with Crippen LogP contribution >= 0.6 is 0 Å². The van der Waals surface area contributed by atoms with Gasteiger partial charge in [0.1, 0.15) is 18.5 Å². The third-order valence-electron chi connectivity index (χ3n) is 3.24. The number of benzene rings is 2. The number of aliphatic hydroxyl groups excluding tert-OH is 2. The molecule has 0 bridgehead atoms. The van der Waals surface area contributed by atoms with Crippen molar-refractivity contribution < 1.29 is 14.9 Å². The lowest BCUT2D eigenvalue weighted by molar-refractivity contribution is 0.108. The fourth-order valence-electron chi connectivity index (χ4n) is 1.97. The normalized spacial score (nSPS) is 13.8. The highest BCUT2D eigenvalue weighted by atomic mass is 16.5. The Bertz CT molecular complexity index is 508. The highest BCUT2D eigenvalue weighted by molar-refractivity contribution is 5.28. The molecule has 2 atom stereocenters. The highest BCUT2D eigenvalue weighted by Gasteiger charge is 2.08. The van der Waals surface area contributed by atoms with E-state index in [1.807, 2.05) is 61.5 Å². The topological polar surface area (TPSA) is 49.7 Å². The summed E-state index contributed by atoms with van der Waals surface area (Å²) in [6.45, 7) is 2.14. The molecule has 2 unspecified atom stereocenters. The summed E-state index contributed by atoms with van der Waals surface area (Å²) < 4.78 is 5.56. The van der Waals surface area contributed by atoms with E-state index in [9.17, 15) is 10.2 Å². The highest BCUT2D eigenvalue weighted by Crippen LogP contribution is 2.21. The second kappa shape index (κ2) is 7.08. The van der Waals surface area contributed by atoms with Gasteiger partial charge in [0.15, 0.2) is 0 Å². The van der Waals surface area contributed by atoms with Gasteiger partial charge in [-0.15, -0.1) is 0 Å². The maximum Gasteiger partial charge on any atom is 0.119 e. The van der Waals surface area contributed by atoms with Gasteiger partial charge in [-0.3, -0.25) is 0 Å². The predicted octanol–water partition coefficient (Wildman–Crippen LogP) is 3.24. The minimum Gasteiger partial charge on any atom is -0.491 e. The lowest BCUT2D eigenvalue weighted by Crippen LogP contribution is -2.09. The van der Waals surface area contributed by atoms with E-state index in [-0.39, 0.29) is 6.61 Å². The molecular weight excluding hydrogens is 252 g/mol. The second-order valence-corrected chi connectivity index (χ2v) is 4.73. The van der Waals surface area contributed by atoms with Crippen molar-refractivity contribution in [2.75, 3.05) is 6.61 Å². The molecule has 0 saturated carbocycles. The fraction of sp³-hybridized carbons (Fsp3) is 0.294. The van der Waals surface area contributed by atoms with Crippen LogP contribution in [0.5, 0.6) is 5.75 Å². The largest absolute Gasteiger partial charge is 0.491 e. The van der Waals surface area contributed by atoms with Gasteiger partial charge in [-0.1, -0.05) is 49.4 Å². The molecule has 0 spiro atoms. The van der Waals surface area contributed by atoms with Gasteiger partial charge in [-0.25, -0.2) is 0 Å². The van der Waals surface area contributed by atoms with Crippen LogP contribution in [0.15, 0.2) is 54.6 Å². The first kappa shape index (κ1) is 14.6. The van der Waals surface area contributed by atoms with Gasteiger partial charge in [0, 0.05) is 0 Å². The number of rotatable bonds is 6. The van der Waals surface area contributed by atoms with E-state index in [0.717, 1.165) is 11.1 Å². The fourth-order valence-corrected chi connectivity index (χ4v) is 1.97. The summed E-state index contributed by atoms with van der Waals surface area (Å²) in [5.74, 6) is 0.687. The van der Waals surface area contributed by atoms with Crippen molar-refractivity contribution in [3.05, 3.63) is 65.7 Å². The molecule has 0 aliphatic rings. The summed E-state index contributed by atoms with van der Waals surface area (Å²) in [6, 6.07) is 16.7. The molecule has 2 aromatic rings. The molecule has 0 aliphatic carbocycles. The molecule has 2 aromatic carbocycles. The first-order chi connectivity index (χ1) is 9.70. The first-order valence-electron chi connectivity index (χ1n) is 6.84. The van der Waals surface area contributed by atoms with E-state index < -0.39 is 12.2 Å². The molecule has 3 nitrogen and oxygen atoms in total. The van der Waals surface area contributed by atoms with Crippen LogP contribution in [-0.4, -0.2) is 16.8 Å². The molecule has 0 saturated heterocycles. The summed E-state index contributed by atoms with van der Waals surface area (Å²) in [6.07, 6.45) is -0.386. The third kappa shape index (κ3) is 3.83. The Kier molecular flexibility index (Phi) is 5.16. The molecule has 2 N–H and O–H groups in total. The van der Waals surface area contributed by atoms with E-state index in [2.05, 4.69) is 0 Å². The molecule has 0 aliphatic heterocycles. The van der Waals surface area contributed by atoms with Crippen LogP contribution in [0.3, 0.4) is 0 Å². The predicted molar refractivity (Wildman–Crippen MR) is 78.6 cm³/mol. The molecule has 0 radical (unpaired) electrons. The standard InChI is InChI=1S/C17H20O3/c1-2-16(18)14-8-10-15(11-9-14)20-12-17(19)13-6-4-3-5-7-13/h3-11,16-19H,2,12H2,1H3. The maximum absolute atomic E-state index is 10.00. The van der Waals surface area contributed by atoms with Crippen molar-refractivity contribution in [2.45, 2.75) is 25.6 Å². The van der Waals surface area contributed by atoms with E-state index in [1.165, 1.54) is 0 Å². The minimum absolute atomic E-state index is 0.208. The summed E-state index contributed by atoms with van der Waals surface area (Å²) >= 11 is 0. The van der Waals surface area contributed by atoms with Crippen molar-refractivity contribution in [2.24, 2.45) is 0 Å². The number of ether oxygens (including phenoxy) is 1. The lowest BCUT2D eigenvalue weighted by atomic mass is 10.1. The average Bonchev–Trinajstić information content (AvgIpc) is 2.53. The Balaban J connectivity index is 1.91. The van der Waals surface area contributed by atoms with Crippen molar-refractivity contribution in [1.82, 2.24) is 0 Å². The summed E-state index contributed by atoms with van der Waals surface area (Å²) in [7, 11) is 0. The van der Waals surface area contributed by atoms with Crippen LogP contribution in [0.2, 0.25) is 0 Å². The van der Waals surface area contributed by atoms with Gasteiger partial charge in [-0.05, 0) is 29.7 Å². The van der Waals surface area contributed by atoms with Crippen LogP contribution in [0, 0.1) is 0 Å². The van der Waals surface area contributed by atoms with E-state index in [4.69, 9.17) is 4.74 Å². The number of hydrogen-bond acceptors (Lipinski definition) is 3. The van der Waals surface area contributed by atoms with Gasteiger partial charge in [0.25, 0.3) is 0 Å². The summed E-state index contributed by atoms with van der Waals surface area (Å²) in [5.41, 5.74) is 1.72. The Labute approximate surface area is 119 Å². The average molecular weight is 272 g/mol. The first-order valence-corrected chi connectivity index (χ1v) is 6.84. The van der Waals surface area contributed by atoms with Crippen LogP contribution < -0.4 is 4.74 Å². The SMILES string of the molecule is CCC(O)c1ccc(OCC(O)c2ccccc2)cc1. The maximum atomic E-state index is 10.00. The number of aliphatic hydroxyl groups is 2. The van der Waals surface area contributed by atoms with E-state index in [1.54, 1.807) is 0 Å². The third-order valence-corrected chi connectivity index (χ3v) is 3.24. The van der Waals surface area contributed by atoms with Crippen LogP contribution in [0.1, 0.15) is 36.7 Å². The zero-order chi connectivity index (χ0) is 14.4. The second-order valence-electron chi connectivity index (χ2n) is 4.73. The smallest absolute Gasteiger partial charge is 0.119 e. The Hall–Kier alpha value is -1.84. The summed E-state index contributed by atoms with van der Waals surface area (Å²) in [5, 5.41) is 19.7. The molecular formula is C17H20O3. The Morgan fingerprint density at radius 1 is 0.850 bits per heavy atom. The van der Waals surface area contributed by atoms with Gasteiger partial charge < -0.3 is 14.9 Å². The van der Waals surface area contributed by atoms with Crippen molar-refractivity contribution in [3.8, 4) is 5.75 Å². The van der Waals surface area contributed by atoms with Crippen LogP contribution in [0.25, 0.3) is 0 Å². The molecule has 2 rings (SSSR count). The van der Waals surface area contributed by atoms with E-state index >= 15 is 0 Å². The van der Waals surface area contributed by atoms with E-state index in [0.29, 0.717) is 12.2 Å². The quantitative estimate of drug-likeness (QED) is 0.848. The Morgan fingerprint density at radius 3 is 2.05 bits per heavy atom. The van der Waals surface area contributed by atoms with Crippen molar-refractivity contribution in [3.63, 3.8) is 0 Å². The molecule has 0 amide bonds. The van der Waals surface area contributed by atoms with Gasteiger partial charge >= 0.3 is 0 Å². The monoisotopic (exact) mass is 272 g/mol. The molecule has 0 fully saturated rings. The van der Waals surface area contributed by atoms with Gasteiger partial charge in [-0.2, -0.15) is 0 Å². The number of hydrogen-bond donors (Lipinski definition) is 2. The van der Waals surface area contributed by atoms with Gasteiger partial charge in [0.2, 0.25) is 0 Å². The molecule has 20 heavy (non-hydrogen) atoms. The van der Waals surface area contributed by atoms with Crippen molar-refractivity contribution in [1.29, 1.82) is 0 Å². The molecule has 0 heterocycles. The van der Waals surface area contributed by atoms with Gasteiger partial charge in [0.05, 0.1) is 6.10 Å². The lowest BCUT2D eigenvalue weighted by Gasteiger charge is -2.13. The summed E-state index contributed by atoms with van der Waals surface area (Å²) in [4.78, 5) is 0. The zero-order valence-corrected chi connectivity index (χ0v) is 11.6. The molecule has 106 valence electrons. The molecule has 0 aromatic heterocycles. The Morgan fingerprint density at radius 2 is 1.45 bits per heavy atom.